The molecular formula is C28H28FN3O4S. The molecule has 0 spiro atoms. The Labute approximate surface area is 217 Å². The second kappa shape index (κ2) is 8.63. The van der Waals surface area contributed by atoms with Crippen molar-refractivity contribution in [3.63, 3.8) is 0 Å². The van der Waals surface area contributed by atoms with Gasteiger partial charge in [0, 0.05) is 34.7 Å². The first kappa shape index (κ1) is 24.1. The number of aliphatic carboxylic acids is 1. The van der Waals surface area contributed by atoms with E-state index >= 15 is 0 Å². The maximum absolute atomic E-state index is 13.7. The van der Waals surface area contributed by atoms with Gasteiger partial charge in [0.15, 0.2) is 11.2 Å². The van der Waals surface area contributed by atoms with Gasteiger partial charge in [0.25, 0.3) is 0 Å². The van der Waals surface area contributed by atoms with E-state index in [9.17, 15) is 14.3 Å². The molecule has 1 atom stereocenters. The van der Waals surface area contributed by atoms with Crippen LogP contribution in [0.5, 0.6) is 5.75 Å². The number of halogens is 1. The van der Waals surface area contributed by atoms with Crippen LogP contribution in [-0.4, -0.2) is 52.5 Å². The second-order valence-corrected chi connectivity index (χ2v) is 11.7. The largest absolute Gasteiger partial charge is 0.493 e. The number of anilines is 1. The molecule has 1 N–H and O–H groups in total. The van der Waals surface area contributed by atoms with Crippen molar-refractivity contribution >= 4 is 43.6 Å². The third-order valence-corrected chi connectivity index (χ3v) is 7.97. The molecule has 2 aromatic carbocycles. The molecule has 2 aromatic heterocycles. The van der Waals surface area contributed by atoms with Gasteiger partial charge in [-0.05, 0) is 63.1 Å². The van der Waals surface area contributed by atoms with E-state index in [1.807, 2.05) is 56.9 Å². The number of carboxylic acids is 1. The number of aromatic nitrogens is 2. The fraction of sp³-hybridized carbons (Fsp3) is 0.393. The Morgan fingerprint density at radius 3 is 2.78 bits per heavy atom. The molecule has 2 aliphatic heterocycles. The highest BCUT2D eigenvalue weighted by molar-refractivity contribution is 7.22. The maximum atomic E-state index is 13.7. The average Bonchev–Trinajstić information content (AvgIpc) is 3.23. The predicted molar refractivity (Wildman–Crippen MR) is 143 cm³/mol. The number of nitrogens with zero attached hydrogens (tertiary/aromatic N) is 3. The fourth-order valence-electron chi connectivity index (χ4n) is 5.21. The molecule has 37 heavy (non-hydrogen) atoms. The number of hydrogen-bond donors (Lipinski definition) is 1. The van der Waals surface area contributed by atoms with Crippen LogP contribution in [0, 0.1) is 6.92 Å². The number of carboxylic acid groups (broad SMARTS) is 1. The summed E-state index contributed by atoms with van der Waals surface area (Å²) in [5.41, 5.74) is 4.85. The molecule has 0 bridgehead atoms. The zero-order valence-corrected chi connectivity index (χ0v) is 22.0. The number of alkyl halides is 1. The summed E-state index contributed by atoms with van der Waals surface area (Å²) in [4.78, 5) is 24.1. The van der Waals surface area contributed by atoms with Crippen LogP contribution in [0.15, 0.2) is 30.5 Å². The van der Waals surface area contributed by atoms with Crippen molar-refractivity contribution in [3.05, 3.63) is 47.2 Å². The Bertz CT molecular complexity index is 1540. The Hall–Kier alpha value is -3.30. The topological polar surface area (TPSA) is 84.8 Å². The van der Waals surface area contributed by atoms with E-state index in [0.717, 1.165) is 60.7 Å². The number of fused-ring (bicyclic) bond motifs is 1. The average molecular weight is 522 g/mol. The normalized spacial score (nSPS) is 16.6. The maximum Gasteiger partial charge on any atom is 0.337 e. The zero-order valence-electron chi connectivity index (χ0n) is 21.2. The molecule has 0 saturated carbocycles. The SMILES string of the molecule is Cc1cc2nc(N3CC(F)C3)sc2c(-c2ccc3c4c(ccnc24)CCO3)c1C(OC(C)(C)C)C(=O)O. The minimum absolute atomic E-state index is 0.311. The zero-order chi connectivity index (χ0) is 26.1. The first-order chi connectivity index (χ1) is 17.6. The molecule has 9 heteroatoms. The lowest BCUT2D eigenvalue weighted by Crippen LogP contribution is -2.48. The molecule has 6 rings (SSSR count). The van der Waals surface area contributed by atoms with Crippen molar-refractivity contribution in [3.8, 4) is 16.9 Å². The van der Waals surface area contributed by atoms with Gasteiger partial charge in [0.2, 0.25) is 0 Å². The van der Waals surface area contributed by atoms with Crippen molar-refractivity contribution < 1.29 is 23.8 Å². The number of thiazole rings is 1. The minimum atomic E-state index is -1.20. The summed E-state index contributed by atoms with van der Waals surface area (Å²) < 4.78 is 26.6. The van der Waals surface area contributed by atoms with Gasteiger partial charge in [0.1, 0.15) is 11.9 Å². The van der Waals surface area contributed by atoms with Crippen LogP contribution in [0.3, 0.4) is 0 Å². The van der Waals surface area contributed by atoms with E-state index in [2.05, 4.69) is 0 Å². The first-order valence-corrected chi connectivity index (χ1v) is 13.2. The fourth-order valence-corrected chi connectivity index (χ4v) is 6.35. The summed E-state index contributed by atoms with van der Waals surface area (Å²) in [6.07, 6.45) is 0.514. The van der Waals surface area contributed by atoms with Crippen LogP contribution >= 0.6 is 11.3 Å². The second-order valence-electron chi connectivity index (χ2n) is 10.7. The lowest BCUT2D eigenvalue weighted by atomic mass is 9.89. The summed E-state index contributed by atoms with van der Waals surface area (Å²) in [6, 6.07) is 7.81. The third kappa shape index (κ3) is 4.10. The number of hydrogen-bond acceptors (Lipinski definition) is 7. The van der Waals surface area contributed by atoms with Gasteiger partial charge in [0.05, 0.1) is 41.0 Å². The van der Waals surface area contributed by atoms with Gasteiger partial charge in [-0.3, -0.25) is 4.98 Å². The van der Waals surface area contributed by atoms with Gasteiger partial charge in [-0.25, -0.2) is 14.2 Å². The Morgan fingerprint density at radius 2 is 2.08 bits per heavy atom. The van der Waals surface area contributed by atoms with Crippen LogP contribution in [0.4, 0.5) is 9.52 Å². The summed E-state index contributed by atoms with van der Waals surface area (Å²) in [6.45, 7) is 8.66. The lowest BCUT2D eigenvalue weighted by molar-refractivity contribution is -0.160. The Morgan fingerprint density at radius 1 is 1.30 bits per heavy atom. The van der Waals surface area contributed by atoms with Crippen LogP contribution in [0.2, 0.25) is 0 Å². The van der Waals surface area contributed by atoms with Gasteiger partial charge in [-0.15, -0.1) is 0 Å². The van der Waals surface area contributed by atoms with Crippen LogP contribution in [0.1, 0.15) is 43.6 Å². The number of aryl methyl sites for hydroxylation is 1. The molecule has 1 unspecified atom stereocenters. The van der Waals surface area contributed by atoms with Crippen molar-refractivity contribution in [2.24, 2.45) is 0 Å². The molecular weight excluding hydrogens is 493 g/mol. The predicted octanol–water partition coefficient (Wildman–Crippen LogP) is 5.85. The smallest absolute Gasteiger partial charge is 0.337 e. The van der Waals surface area contributed by atoms with E-state index in [0.29, 0.717) is 25.3 Å². The number of carbonyl (C=O) groups is 1. The molecule has 192 valence electrons. The van der Waals surface area contributed by atoms with Crippen molar-refractivity contribution in [2.45, 2.75) is 52.0 Å². The quantitative estimate of drug-likeness (QED) is 0.352. The van der Waals surface area contributed by atoms with Crippen molar-refractivity contribution in [1.29, 1.82) is 0 Å². The van der Waals surface area contributed by atoms with Gasteiger partial charge in [-0.2, -0.15) is 0 Å². The number of ether oxygens (including phenoxy) is 2. The number of pyridine rings is 1. The summed E-state index contributed by atoms with van der Waals surface area (Å²) >= 11 is 1.45. The highest BCUT2D eigenvalue weighted by atomic mass is 32.1. The Kier molecular flexibility index (Phi) is 5.61. The molecule has 2 aliphatic rings. The van der Waals surface area contributed by atoms with E-state index in [1.165, 1.54) is 11.3 Å². The highest BCUT2D eigenvalue weighted by Gasteiger charge is 2.35. The van der Waals surface area contributed by atoms with E-state index in [-0.39, 0.29) is 0 Å². The van der Waals surface area contributed by atoms with Crippen LogP contribution in [0.25, 0.3) is 32.2 Å². The summed E-state index contributed by atoms with van der Waals surface area (Å²) in [7, 11) is 0. The number of rotatable bonds is 5. The monoisotopic (exact) mass is 521 g/mol. The summed E-state index contributed by atoms with van der Waals surface area (Å²) in [5, 5.41) is 12.0. The molecule has 4 aromatic rings. The van der Waals surface area contributed by atoms with Gasteiger partial charge < -0.3 is 19.5 Å². The third-order valence-electron chi connectivity index (χ3n) is 6.82. The minimum Gasteiger partial charge on any atom is -0.493 e. The van der Waals surface area contributed by atoms with E-state index < -0.39 is 23.8 Å². The molecule has 7 nitrogen and oxygen atoms in total. The van der Waals surface area contributed by atoms with Gasteiger partial charge in [-0.1, -0.05) is 11.3 Å². The molecule has 4 heterocycles. The molecule has 1 saturated heterocycles. The molecule has 0 amide bonds. The first-order valence-electron chi connectivity index (χ1n) is 12.4. The van der Waals surface area contributed by atoms with Crippen molar-refractivity contribution in [2.75, 3.05) is 24.6 Å². The highest BCUT2D eigenvalue weighted by Crippen LogP contribution is 2.47. The standard InChI is InChI=1S/C28H28FN3O4S/c1-14-11-18-25(37-27(31-18)32-12-16(29)13-32)22(20(14)24(26(33)34)36-28(2,3)4)17-5-6-19-21-15(8-10-35-19)7-9-30-23(17)21/h5-7,9,11,16,24H,8,10,12-13H2,1-4H3,(H,33,34). The Balaban J connectivity index is 1.68. The van der Waals surface area contributed by atoms with Crippen LogP contribution in [-0.2, 0) is 16.0 Å². The number of benzene rings is 2. The van der Waals surface area contributed by atoms with E-state index in [1.54, 1.807) is 6.20 Å². The van der Waals surface area contributed by atoms with Crippen molar-refractivity contribution in [1.82, 2.24) is 9.97 Å². The molecule has 1 fully saturated rings. The van der Waals surface area contributed by atoms with Gasteiger partial charge >= 0.3 is 5.97 Å². The summed E-state index contributed by atoms with van der Waals surface area (Å²) in [5.74, 6) is -0.288. The van der Waals surface area contributed by atoms with E-state index in [4.69, 9.17) is 19.4 Å². The molecule has 0 radical (unpaired) electrons. The molecule has 0 aliphatic carbocycles. The lowest BCUT2D eigenvalue weighted by Gasteiger charge is -2.33. The van der Waals surface area contributed by atoms with Crippen LogP contribution < -0.4 is 9.64 Å².